The van der Waals surface area contributed by atoms with Crippen LogP contribution < -0.4 is 10.0 Å². The second-order valence-electron chi connectivity index (χ2n) is 4.88. The molecule has 0 unspecified atom stereocenters. The molecule has 2 aromatic rings. The Morgan fingerprint density at radius 3 is 2.52 bits per heavy atom. The maximum Gasteiger partial charge on any atom is 0.240 e. The van der Waals surface area contributed by atoms with Crippen molar-refractivity contribution in [2.24, 2.45) is 0 Å². The smallest absolute Gasteiger partial charge is 0.240 e. The van der Waals surface area contributed by atoms with E-state index in [2.05, 4.69) is 21.9 Å². The summed E-state index contributed by atoms with van der Waals surface area (Å²) in [5.74, 6) is 0.809. The number of nitrogens with zero attached hydrogens (tertiary/aromatic N) is 1. The fourth-order valence-electron chi connectivity index (χ4n) is 1.94. The third kappa shape index (κ3) is 3.92. The fraction of sp³-hybridized carbons (Fsp3) is 0.400. The number of nitrogens with one attached hydrogen (secondary N) is 2. The molecular formula is C15H21N3O2S. The number of fused-ring (bicyclic) bond motifs is 1. The van der Waals surface area contributed by atoms with Crippen molar-refractivity contribution in [2.45, 2.75) is 31.6 Å². The molecule has 1 aromatic heterocycles. The quantitative estimate of drug-likeness (QED) is 0.825. The molecule has 114 valence electrons. The van der Waals surface area contributed by atoms with Crippen molar-refractivity contribution in [1.29, 1.82) is 0 Å². The largest absolute Gasteiger partial charge is 0.370 e. The minimum atomic E-state index is -3.43. The molecule has 0 saturated heterocycles. The number of hydrogen-bond donors (Lipinski definition) is 2. The molecule has 0 spiro atoms. The third-order valence-corrected chi connectivity index (χ3v) is 4.53. The molecule has 0 saturated carbocycles. The second kappa shape index (κ2) is 6.87. The van der Waals surface area contributed by atoms with Crippen LogP contribution >= 0.6 is 0 Å². The van der Waals surface area contributed by atoms with Crippen LogP contribution in [0.4, 0.5) is 5.82 Å². The van der Waals surface area contributed by atoms with Gasteiger partial charge in [0.15, 0.2) is 0 Å². The van der Waals surface area contributed by atoms with Gasteiger partial charge < -0.3 is 5.32 Å². The van der Waals surface area contributed by atoms with Crippen LogP contribution in [0.3, 0.4) is 0 Å². The van der Waals surface area contributed by atoms with Crippen molar-refractivity contribution in [1.82, 2.24) is 9.71 Å². The van der Waals surface area contributed by atoms with Crippen LogP contribution in [-0.4, -0.2) is 26.5 Å². The first-order valence-electron chi connectivity index (χ1n) is 7.21. The number of hydrogen-bond acceptors (Lipinski definition) is 4. The summed E-state index contributed by atoms with van der Waals surface area (Å²) < 4.78 is 26.8. The summed E-state index contributed by atoms with van der Waals surface area (Å²) in [7, 11) is -3.43. The summed E-state index contributed by atoms with van der Waals surface area (Å²) in [6, 6.07) is 8.75. The molecule has 2 N–H and O–H groups in total. The molecule has 1 heterocycles. The van der Waals surface area contributed by atoms with Gasteiger partial charge in [-0.15, -0.1) is 0 Å². The van der Waals surface area contributed by atoms with Crippen LogP contribution in [-0.2, 0) is 10.0 Å². The standard InChI is InChI=1S/C15H21N3O2S/c1-3-9-16-15-8-5-12-11-13(6-7-14(12)18-15)21(19,20)17-10-4-2/h5-8,11,17H,3-4,9-10H2,1-2H3,(H,16,18). The minimum absolute atomic E-state index is 0.277. The normalized spacial score (nSPS) is 11.7. The Balaban J connectivity index is 2.30. The molecule has 21 heavy (non-hydrogen) atoms. The Hall–Kier alpha value is -1.66. The van der Waals surface area contributed by atoms with Crippen LogP contribution in [0.25, 0.3) is 10.9 Å². The van der Waals surface area contributed by atoms with Gasteiger partial charge in [-0.05, 0) is 43.2 Å². The lowest BCUT2D eigenvalue weighted by Crippen LogP contribution is -2.24. The minimum Gasteiger partial charge on any atom is -0.370 e. The molecule has 0 fully saturated rings. The first-order valence-corrected chi connectivity index (χ1v) is 8.69. The van der Waals surface area contributed by atoms with E-state index in [0.717, 1.165) is 36.1 Å². The van der Waals surface area contributed by atoms with E-state index in [9.17, 15) is 8.42 Å². The third-order valence-electron chi connectivity index (χ3n) is 3.07. The summed E-state index contributed by atoms with van der Waals surface area (Å²) in [5.41, 5.74) is 0.783. The van der Waals surface area contributed by atoms with Gasteiger partial charge in [0.2, 0.25) is 10.0 Å². The van der Waals surface area contributed by atoms with Gasteiger partial charge in [0.1, 0.15) is 5.82 Å². The van der Waals surface area contributed by atoms with Gasteiger partial charge in [-0.3, -0.25) is 0 Å². The summed E-state index contributed by atoms with van der Waals surface area (Å²) in [5, 5.41) is 4.03. The number of rotatable bonds is 7. The van der Waals surface area contributed by atoms with Crippen molar-refractivity contribution in [2.75, 3.05) is 18.4 Å². The summed E-state index contributed by atoms with van der Waals surface area (Å²) in [4.78, 5) is 4.75. The average molecular weight is 307 g/mol. The average Bonchev–Trinajstić information content (AvgIpc) is 2.50. The first-order chi connectivity index (χ1) is 10.1. The molecule has 0 atom stereocenters. The predicted molar refractivity (Wildman–Crippen MR) is 86.0 cm³/mol. The second-order valence-corrected chi connectivity index (χ2v) is 6.64. The van der Waals surface area contributed by atoms with E-state index in [0.29, 0.717) is 6.54 Å². The van der Waals surface area contributed by atoms with Gasteiger partial charge in [-0.2, -0.15) is 0 Å². The molecule has 0 bridgehead atoms. The summed E-state index contributed by atoms with van der Waals surface area (Å²) in [6.07, 6.45) is 1.79. The zero-order valence-electron chi connectivity index (χ0n) is 12.4. The highest BCUT2D eigenvalue weighted by Gasteiger charge is 2.13. The van der Waals surface area contributed by atoms with Gasteiger partial charge in [-0.1, -0.05) is 13.8 Å². The fourth-order valence-corrected chi connectivity index (χ4v) is 3.11. The zero-order chi connectivity index (χ0) is 15.3. The van der Waals surface area contributed by atoms with E-state index in [4.69, 9.17) is 0 Å². The topological polar surface area (TPSA) is 71.1 Å². The maximum absolute atomic E-state index is 12.1. The predicted octanol–water partition coefficient (Wildman–Crippen LogP) is 2.75. The molecule has 1 aromatic carbocycles. The highest BCUT2D eigenvalue weighted by molar-refractivity contribution is 7.89. The molecule has 5 nitrogen and oxygen atoms in total. The summed E-state index contributed by atoms with van der Waals surface area (Å²) >= 11 is 0. The monoisotopic (exact) mass is 307 g/mol. The van der Waals surface area contributed by atoms with Gasteiger partial charge in [0.25, 0.3) is 0 Å². The van der Waals surface area contributed by atoms with Crippen molar-refractivity contribution >= 4 is 26.7 Å². The van der Waals surface area contributed by atoms with Crippen LogP contribution in [0.5, 0.6) is 0 Å². The van der Waals surface area contributed by atoms with Crippen molar-refractivity contribution in [3.63, 3.8) is 0 Å². The molecular weight excluding hydrogens is 286 g/mol. The maximum atomic E-state index is 12.1. The van der Waals surface area contributed by atoms with E-state index in [1.165, 1.54) is 0 Å². The van der Waals surface area contributed by atoms with Crippen LogP contribution in [0.1, 0.15) is 26.7 Å². The molecule has 0 aliphatic heterocycles. The summed E-state index contributed by atoms with van der Waals surface area (Å²) in [6.45, 7) is 5.33. The van der Waals surface area contributed by atoms with E-state index in [-0.39, 0.29) is 4.90 Å². The lowest BCUT2D eigenvalue weighted by Gasteiger charge is -2.08. The van der Waals surface area contributed by atoms with Gasteiger partial charge >= 0.3 is 0 Å². The number of benzene rings is 1. The Morgan fingerprint density at radius 2 is 1.81 bits per heavy atom. The number of sulfonamides is 1. The molecule has 6 heteroatoms. The van der Waals surface area contributed by atoms with Crippen LogP contribution in [0.15, 0.2) is 35.2 Å². The van der Waals surface area contributed by atoms with Crippen LogP contribution in [0, 0.1) is 0 Å². The Labute approximate surface area is 125 Å². The number of aromatic nitrogens is 1. The highest BCUT2D eigenvalue weighted by atomic mass is 32.2. The van der Waals surface area contributed by atoms with Gasteiger partial charge in [0, 0.05) is 18.5 Å². The Kier molecular flexibility index (Phi) is 5.14. The Morgan fingerprint density at radius 1 is 1.05 bits per heavy atom. The number of anilines is 1. The van der Waals surface area contributed by atoms with E-state index in [1.807, 2.05) is 19.1 Å². The lowest BCUT2D eigenvalue weighted by atomic mass is 10.2. The van der Waals surface area contributed by atoms with Crippen molar-refractivity contribution < 1.29 is 8.42 Å². The SMILES string of the molecule is CCCNc1ccc2cc(S(=O)(=O)NCCC)ccc2n1. The molecule has 0 aliphatic rings. The van der Waals surface area contributed by atoms with E-state index >= 15 is 0 Å². The van der Waals surface area contributed by atoms with Crippen LogP contribution in [0.2, 0.25) is 0 Å². The molecule has 0 radical (unpaired) electrons. The molecule has 2 rings (SSSR count). The zero-order valence-corrected chi connectivity index (χ0v) is 13.2. The number of pyridine rings is 1. The van der Waals surface area contributed by atoms with E-state index in [1.54, 1.807) is 18.2 Å². The van der Waals surface area contributed by atoms with Gasteiger partial charge in [0.05, 0.1) is 10.4 Å². The molecule has 0 aliphatic carbocycles. The Bertz CT molecular complexity index is 714. The highest BCUT2D eigenvalue weighted by Crippen LogP contribution is 2.19. The first kappa shape index (κ1) is 15.7. The van der Waals surface area contributed by atoms with E-state index < -0.39 is 10.0 Å². The lowest BCUT2D eigenvalue weighted by molar-refractivity contribution is 0.581. The van der Waals surface area contributed by atoms with Gasteiger partial charge in [-0.25, -0.2) is 18.1 Å². The van der Waals surface area contributed by atoms with Crippen molar-refractivity contribution in [3.05, 3.63) is 30.3 Å². The van der Waals surface area contributed by atoms with Crippen molar-refractivity contribution in [3.8, 4) is 0 Å². The molecule has 0 amide bonds.